The first kappa shape index (κ1) is 41.8. The van der Waals surface area contributed by atoms with Gasteiger partial charge in [0, 0.05) is 63.5 Å². The van der Waals surface area contributed by atoms with Crippen LogP contribution in [0.1, 0.15) is 92.1 Å². The number of benzene rings is 1. The first-order valence-corrected chi connectivity index (χ1v) is 20.8. The monoisotopic (exact) mass is 846 g/mol. The van der Waals surface area contributed by atoms with Gasteiger partial charge < -0.3 is 25.5 Å². The summed E-state index contributed by atoms with van der Waals surface area (Å²) >= 11 is 0. The van der Waals surface area contributed by atoms with Gasteiger partial charge in [-0.25, -0.2) is 15.0 Å². The van der Waals surface area contributed by atoms with E-state index in [1.165, 1.54) is 12.3 Å². The molecule has 2 aliphatic rings. The topological polar surface area (TPSA) is 250 Å². The van der Waals surface area contributed by atoms with Crippen LogP contribution in [0.5, 0.6) is 5.75 Å². The zero-order valence-electron chi connectivity index (χ0n) is 35.0. The second-order valence-electron chi connectivity index (χ2n) is 15.3. The van der Waals surface area contributed by atoms with Crippen LogP contribution in [0.3, 0.4) is 0 Å². The van der Waals surface area contributed by atoms with Crippen LogP contribution in [0.4, 0.5) is 11.9 Å². The number of carbonyl (C=O) groups is 4. The zero-order chi connectivity index (χ0) is 43.5. The van der Waals surface area contributed by atoms with E-state index in [9.17, 15) is 19.2 Å². The normalized spacial score (nSPS) is 14.6. The van der Waals surface area contributed by atoms with Crippen molar-refractivity contribution in [3.8, 4) is 5.75 Å². The third-order valence-corrected chi connectivity index (χ3v) is 10.9. The first-order chi connectivity index (χ1) is 30.0. The van der Waals surface area contributed by atoms with E-state index in [2.05, 4.69) is 35.7 Å². The maximum atomic E-state index is 13.8. The number of aromatic nitrogens is 9. The van der Waals surface area contributed by atoms with E-state index < -0.39 is 17.7 Å². The van der Waals surface area contributed by atoms with Crippen molar-refractivity contribution in [1.82, 2.24) is 48.5 Å². The number of allylic oxidation sites excluding steroid dienone is 2. The van der Waals surface area contributed by atoms with Gasteiger partial charge in [-0.2, -0.15) is 10.2 Å². The van der Waals surface area contributed by atoms with Crippen molar-refractivity contribution in [3.63, 3.8) is 0 Å². The number of nitrogens with two attached hydrogens (primary N) is 2. The molecule has 2 fully saturated rings. The lowest BCUT2D eigenvalue weighted by molar-refractivity contribution is 0.0358. The molecule has 6 N–H and O–H groups in total. The van der Waals surface area contributed by atoms with Gasteiger partial charge in [0.15, 0.2) is 5.65 Å². The molecule has 6 heterocycles. The van der Waals surface area contributed by atoms with Gasteiger partial charge in [0.05, 0.1) is 42.3 Å². The number of hydrogen-bond acceptors (Lipinski definition) is 12. The van der Waals surface area contributed by atoms with Crippen molar-refractivity contribution >= 4 is 57.7 Å². The smallest absolute Gasteiger partial charge is 0.276 e. The minimum Gasteiger partial charge on any atom is -0.491 e. The van der Waals surface area contributed by atoms with Gasteiger partial charge in [0.2, 0.25) is 23.7 Å². The van der Waals surface area contributed by atoms with E-state index in [1.54, 1.807) is 36.7 Å². The van der Waals surface area contributed by atoms with Crippen LogP contribution in [0, 0.1) is 6.92 Å². The average molecular weight is 847 g/mol. The van der Waals surface area contributed by atoms with Gasteiger partial charge in [-0.05, 0) is 70.4 Å². The Balaban J connectivity index is 1.11. The van der Waals surface area contributed by atoms with Gasteiger partial charge in [0.1, 0.15) is 28.2 Å². The van der Waals surface area contributed by atoms with Crippen molar-refractivity contribution in [3.05, 3.63) is 82.6 Å². The fraction of sp³-hybridized carbons (Fsp3) is 0.405. The molecule has 0 atom stereocenters. The predicted molar refractivity (Wildman–Crippen MR) is 229 cm³/mol. The fourth-order valence-corrected chi connectivity index (χ4v) is 7.56. The predicted octanol–water partition coefficient (Wildman–Crippen LogP) is 3.46. The van der Waals surface area contributed by atoms with Crippen LogP contribution >= 0.6 is 0 Å². The molecule has 324 valence electrons. The van der Waals surface area contributed by atoms with E-state index in [0.29, 0.717) is 83.9 Å². The summed E-state index contributed by atoms with van der Waals surface area (Å²) in [5.41, 5.74) is 15.8. The lowest BCUT2D eigenvalue weighted by Gasteiger charge is -2.26. The summed E-state index contributed by atoms with van der Waals surface area (Å²) in [6.45, 7) is 11.2. The molecule has 0 bridgehead atoms. The number of nitrogens with zero attached hydrogens (tertiary/aromatic N) is 10. The van der Waals surface area contributed by atoms with E-state index in [1.807, 2.05) is 39.0 Å². The number of nitrogens with one attached hydrogen (secondary N) is 2. The zero-order valence-corrected chi connectivity index (χ0v) is 35.0. The Morgan fingerprint density at radius 3 is 2.13 bits per heavy atom. The molecule has 5 aromatic heterocycles. The Morgan fingerprint density at radius 1 is 0.823 bits per heavy atom. The van der Waals surface area contributed by atoms with E-state index in [-0.39, 0.29) is 42.0 Å². The molecule has 1 saturated carbocycles. The SMILES string of the molecule is CCn1nc(C2CC2)cc1C(=O)Nc1nc2cc(C(N)=O)cnc2n1C/C=C/Cn1c(NC(=O)c2cc(C)nn2CC)nc2cc(C(N)=O)cc(OCCCN3CCOCC3)c21. The highest BCUT2D eigenvalue weighted by Gasteiger charge is 2.29. The summed E-state index contributed by atoms with van der Waals surface area (Å²) in [5, 5.41) is 15.0. The van der Waals surface area contributed by atoms with Gasteiger partial charge in [-0.1, -0.05) is 12.2 Å². The Labute approximate surface area is 356 Å². The van der Waals surface area contributed by atoms with Crippen LogP contribution in [0.2, 0.25) is 0 Å². The Bertz CT molecular complexity index is 2700. The Hall–Kier alpha value is -6.93. The number of aryl methyl sites for hydroxylation is 3. The highest BCUT2D eigenvalue weighted by molar-refractivity contribution is 6.05. The number of rotatable bonds is 18. The number of imidazole rings is 2. The van der Waals surface area contributed by atoms with Crippen LogP contribution < -0.4 is 26.8 Å². The van der Waals surface area contributed by atoms with E-state index in [4.69, 9.17) is 25.9 Å². The number of hydrogen-bond donors (Lipinski definition) is 4. The summed E-state index contributed by atoms with van der Waals surface area (Å²) in [4.78, 5) is 68.4. The standard InChI is InChI=1S/C42H50N14O6/c1-4-55-32(19-25(3)50-55)39(59)48-41-46-30-20-27(36(43)57)22-34(62-16-8-11-52-14-17-61-18-15-52)35(30)53(41)12-6-7-13-54-38-31(21-28(24-45-38)37(44)58)47-42(54)49-40(60)33-23-29(26-9-10-26)51-56(33)5-2/h6-7,19-24,26H,4-5,8-18H2,1-3H3,(H2,43,57)(H2,44,58)(H,46,48,59)(H,47,49,60)/b7-6+. The van der Waals surface area contributed by atoms with Crippen molar-refractivity contribution < 1.29 is 28.7 Å². The lowest BCUT2D eigenvalue weighted by atomic mass is 10.1. The molecule has 1 aliphatic heterocycles. The minimum absolute atomic E-state index is 0.172. The van der Waals surface area contributed by atoms with Crippen molar-refractivity contribution in [2.75, 3.05) is 50.1 Å². The second kappa shape index (κ2) is 18.0. The molecule has 4 amide bonds. The average Bonchev–Trinajstić information content (AvgIpc) is 3.57. The Morgan fingerprint density at radius 2 is 1.45 bits per heavy atom. The molecule has 1 saturated heterocycles. The van der Waals surface area contributed by atoms with Gasteiger partial charge in [0.25, 0.3) is 11.8 Å². The number of morpholine rings is 1. The number of primary amides is 2. The maximum Gasteiger partial charge on any atom is 0.276 e. The summed E-state index contributed by atoms with van der Waals surface area (Å²) in [7, 11) is 0. The molecular weight excluding hydrogens is 797 g/mol. The quantitative estimate of drug-likeness (QED) is 0.0717. The fourth-order valence-electron chi connectivity index (χ4n) is 7.56. The number of amides is 4. The molecule has 1 aliphatic carbocycles. The highest BCUT2D eigenvalue weighted by atomic mass is 16.5. The summed E-state index contributed by atoms with van der Waals surface area (Å²) < 4.78 is 18.6. The highest BCUT2D eigenvalue weighted by Crippen LogP contribution is 2.39. The van der Waals surface area contributed by atoms with Crippen LogP contribution in [-0.2, 0) is 30.9 Å². The van der Waals surface area contributed by atoms with Crippen LogP contribution in [0.25, 0.3) is 22.2 Å². The molecular formula is C42H50N14O6. The number of anilines is 2. The summed E-state index contributed by atoms with van der Waals surface area (Å²) in [5.74, 6) is -0.971. The molecule has 8 rings (SSSR count). The van der Waals surface area contributed by atoms with Crippen LogP contribution in [0.15, 0.2) is 48.7 Å². The van der Waals surface area contributed by atoms with Crippen LogP contribution in [-0.4, -0.2) is 112 Å². The first-order valence-electron chi connectivity index (χ1n) is 20.8. The Kier molecular flexibility index (Phi) is 12.1. The second-order valence-corrected chi connectivity index (χ2v) is 15.3. The molecule has 20 heteroatoms. The molecule has 6 aromatic rings. The molecule has 62 heavy (non-hydrogen) atoms. The van der Waals surface area contributed by atoms with Crippen molar-refractivity contribution in [2.24, 2.45) is 11.5 Å². The number of carbonyl (C=O) groups excluding carboxylic acids is 4. The molecule has 0 spiro atoms. The molecule has 1 aromatic carbocycles. The van der Waals surface area contributed by atoms with Crippen molar-refractivity contribution in [2.45, 2.75) is 72.1 Å². The summed E-state index contributed by atoms with van der Waals surface area (Å²) in [6, 6.07) is 8.23. The number of pyridine rings is 1. The van der Waals surface area contributed by atoms with E-state index in [0.717, 1.165) is 44.6 Å². The minimum atomic E-state index is -0.660. The largest absolute Gasteiger partial charge is 0.491 e. The molecule has 0 radical (unpaired) electrons. The summed E-state index contributed by atoms with van der Waals surface area (Å²) in [6.07, 6.45) is 7.90. The van der Waals surface area contributed by atoms with Crippen molar-refractivity contribution in [1.29, 1.82) is 0 Å². The van der Waals surface area contributed by atoms with Gasteiger partial charge in [-0.15, -0.1) is 0 Å². The van der Waals surface area contributed by atoms with E-state index >= 15 is 0 Å². The maximum absolute atomic E-state index is 13.8. The number of fused-ring (bicyclic) bond motifs is 2. The van der Waals surface area contributed by atoms with Gasteiger partial charge >= 0.3 is 0 Å². The van der Waals surface area contributed by atoms with Gasteiger partial charge in [-0.3, -0.25) is 48.6 Å². The molecule has 0 unspecified atom stereocenters. The third kappa shape index (κ3) is 8.91. The molecule has 20 nitrogen and oxygen atoms in total. The third-order valence-electron chi connectivity index (χ3n) is 10.9. The number of ether oxygens (including phenoxy) is 2. The lowest BCUT2D eigenvalue weighted by Crippen LogP contribution is -2.37.